The molecule has 0 saturated carbocycles. The molecule has 0 bridgehead atoms. The summed E-state index contributed by atoms with van der Waals surface area (Å²) >= 11 is 0. The van der Waals surface area contributed by atoms with E-state index in [4.69, 9.17) is 4.42 Å². The Bertz CT molecular complexity index is 456. The van der Waals surface area contributed by atoms with Gasteiger partial charge in [0.15, 0.2) is 5.58 Å². The molecule has 6 nitrogen and oxygen atoms in total. The maximum absolute atomic E-state index is 9.90. The molecule has 0 spiro atoms. The molecule has 0 aliphatic heterocycles. The zero-order chi connectivity index (χ0) is 12.7. The summed E-state index contributed by atoms with van der Waals surface area (Å²) < 4.78 is 13.3. The fourth-order valence-electron chi connectivity index (χ4n) is 1.13. The van der Waals surface area contributed by atoms with E-state index in [9.17, 15) is 9.59 Å². The summed E-state index contributed by atoms with van der Waals surface area (Å²) in [5.41, 5.74) is 3.16. The highest BCUT2D eigenvalue weighted by Crippen LogP contribution is 2.14. The molecule has 0 unspecified atom stereocenters. The molecule has 0 saturated heterocycles. The third-order valence-corrected chi connectivity index (χ3v) is 1.77. The van der Waals surface area contributed by atoms with Crippen LogP contribution in [-0.2, 0) is 19.1 Å². The molecule has 2 aromatic rings. The third kappa shape index (κ3) is 4.42. The maximum Gasteiger partial charge on any atom is 0.305 e. The molecule has 0 amide bonds. The fraction of sp³-hybridized carbons (Fsp3) is 0.273. The Balaban J connectivity index is 0.000000172. The molecule has 2 heterocycles. The second-order valence-corrected chi connectivity index (χ2v) is 3.17. The van der Waals surface area contributed by atoms with Crippen LogP contribution in [0.25, 0.3) is 11.1 Å². The van der Waals surface area contributed by atoms with Crippen LogP contribution in [0.15, 0.2) is 22.8 Å². The van der Waals surface area contributed by atoms with Crippen LogP contribution < -0.4 is 0 Å². The first kappa shape index (κ1) is 12.8. The SMILES string of the molecule is CC(=O)OCOC=O.Cc1cc2occc2[nH]1. The summed E-state index contributed by atoms with van der Waals surface area (Å²) in [5, 5.41) is 0. The molecule has 0 aliphatic carbocycles. The lowest BCUT2D eigenvalue weighted by Crippen LogP contribution is -2.02. The minimum Gasteiger partial charge on any atom is -0.463 e. The van der Waals surface area contributed by atoms with Crippen LogP contribution in [0, 0.1) is 6.92 Å². The summed E-state index contributed by atoms with van der Waals surface area (Å²) in [6.45, 7) is 3.16. The highest BCUT2D eigenvalue weighted by Gasteiger charge is 1.96. The molecule has 92 valence electrons. The number of H-pyrrole nitrogens is 1. The fourth-order valence-corrected chi connectivity index (χ4v) is 1.13. The summed E-state index contributed by atoms with van der Waals surface area (Å²) in [4.78, 5) is 22.4. The average molecular weight is 239 g/mol. The predicted molar refractivity (Wildman–Crippen MR) is 59.1 cm³/mol. The van der Waals surface area contributed by atoms with Crippen LogP contribution in [-0.4, -0.2) is 24.2 Å². The average Bonchev–Trinajstić information content (AvgIpc) is 2.78. The Morgan fingerprint density at radius 1 is 1.59 bits per heavy atom. The standard InChI is InChI=1S/C7H7NO.C4H6O4/c1-5-4-7-6(8-5)2-3-9-7;1-4(6)8-3-7-2-5/h2-4,8H,1H3;2H,3H2,1H3. The van der Waals surface area contributed by atoms with Crippen molar-refractivity contribution in [2.75, 3.05) is 6.79 Å². The van der Waals surface area contributed by atoms with Crippen molar-refractivity contribution in [2.24, 2.45) is 0 Å². The van der Waals surface area contributed by atoms with Gasteiger partial charge in [-0.2, -0.15) is 0 Å². The van der Waals surface area contributed by atoms with Gasteiger partial charge in [0.25, 0.3) is 6.47 Å². The third-order valence-electron chi connectivity index (χ3n) is 1.77. The van der Waals surface area contributed by atoms with Crippen LogP contribution in [0.2, 0.25) is 0 Å². The molecular weight excluding hydrogens is 226 g/mol. The number of aryl methyl sites for hydroxylation is 1. The number of hydrogen-bond donors (Lipinski definition) is 1. The lowest BCUT2D eigenvalue weighted by molar-refractivity contribution is -0.157. The summed E-state index contributed by atoms with van der Waals surface area (Å²) in [5.74, 6) is -0.466. The van der Waals surface area contributed by atoms with Crippen molar-refractivity contribution in [1.29, 1.82) is 0 Å². The van der Waals surface area contributed by atoms with Crippen molar-refractivity contribution in [3.05, 3.63) is 24.1 Å². The van der Waals surface area contributed by atoms with E-state index in [0.717, 1.165) is 16.8 Å². The quantitative estimate of drug-likeness (QED) is 0.382. The molecule has 1 N–H and O–H groups in total. The molecule has 0 radical (unpaired) electrons. The number of carbonyl (C=O) groups excluding carboxylic acids is 2. The molecule has 17 heavy (non-hydrogen) atoms. The topological polar surface area (TPSA) is 81.5 Å². The van der Waals surface area contributed by atoms with Gasteiger partial charge in [-0.3, -0.25) is 9.59 Å². The highest BCUT2D eigenvalue weighted by molar-refractivity contribution is 5.73. The monoisotopic (exact) mass is 239 g/mol. The van der Waals surface area contributed by atoms with Gasteiger partial charge in [-0.1, -0.05) is 0 Å². The molecular formula is C11H13NO5. The second-order valence-electron chi connectivity index (χ2n) is 3.17. The minimum absolute atomic E-state index is 0.211. The van der Waals surface area contributed by atoms with Crippen molar-refractivity contribution in [3.8, 4) is 0 Å². The number of aromatic amines is 1. The van der Waals surface area contributed by atoms with Gasteiger partial charge in [0, 0.05) is 24.8 Å². The minimum atomic E-state index is -0.466. The van der Waals surface area contributed by atoms with Gasteiger partial charge < -0.3 is 18.9 Å². The zero-order valence-corrected chi connectivity index (χ0v) is 9.56. The van der Waals surface area contributed by atoms with Crippen molar-refractivity contribution in [3.63, 3.8) is 0 Å². The molecule has 0 aromatic carbocycles. The summed E-state index contributed by atoms with van der Waals surface area (Å²) in [7, 11) is 0. The highest BCUT2D eigenvalue weighted by atomic mass is 16.7. The molecule has 0 aliphatic rings. The van der Waals surface area contributed by atoms with Crippen LogP contribution in [0.1, 0.15) is 12.6 Å². The van der Waals surface area contributed by atoms with Crippen molar-refractivity contribution in [1.82, 2.24) is 4.98 Å². The van der Waals surface area contributed by atoms with Crippen LogP contribution in [0.3, 0.4) is 0 Å². The second kappa shape index (κ2) is 6.37. The van der Waals surface area contributed by atoms with Gasteiger partial charge >= 0.3 is 5.97 Å². The first-order valence-corrected chi connectivity index (χ1v) is 4.85. The van der Waals surface area contributed by atoms with E-state index in [2.05, 4.69) is 14.5 Å². The first-order valence-electron chi connectivity index (χ1n) is 4.85. The summed E-state index contributed by atoms with van der Waals surface area (Å²) in [6.07, 6.45) is 1.68. The predicted octanol–water partition coefficient (Wildman–Crippen LogP) is 1.75. The molecule has 0 atom stereocenters. The van der Waals surface area contributed by atoms with Crippen LogP contribution in [0.5, 0.6) is 0 Å². The van der Waals surface area contributed by atoms with Gasteiger partial charge in [0.05, 0.1) is 11.8 Å². The van der Waals surface area contributed by atoms with E-state index < -0.39 is 5.97 Å². The normalized spacial score (nSPS) is 9.29. The van der Waals surface area contributed by atoms with Crippen LogP contribution >= 0.6 is 0 Å². The van der Waals surface area contributed by atoms with E-state index in [1.807, 2.05) is 19.1 Å². The van der Waals surface area contributed by atoms with Crippen molar-refractivity contribution in [2.45, 2.75) is 13.8 Å². The Morgan fingerprint density at radius 3 is 2.94 bits per heavy atom. The van der Waals surface area contributed by atoms with Gasteiger partial charge in [0.2, 0.25) is 6.79 Å². The number of ether oxygens (including phenoxy) is 2. The zero-order valence-electron chi connectivity index (χ0n) is 9.56. The number of rotatable bonds is 3. The molecule has 6 heteroatoms. The van der Waals surface area contributed by atoms with E-state index in [1.54, 1.807) is 6.26 Å². The Kier molecular flexibility index (Phi) is 4.80. The smallest absolute Gasteiger partial charge is 0.305 e. The van der Waals surface area contributed by atoms with Gasteiger partial charge in [-0.05, 0) is 6.92 Å². The number of nitrogens with one attached hydrogen (secondary N) is 1. The lowest BCUT2D eigenvalue weighted by atomic mass is 10.5. The van der Waals surface area contributed by atoms with Gasteiger partial charge in [0.1, 0.15) is 0 Å². The van der Waals surface area contributed by atoms with Gasteiger partial charge in [-0.25, -0.2) is 0 Å². The molecule has 0 fully saturated rings. The largest absolute Gasteiger partial charge is 0.463 e. The maximum atomic E-state index is 9.90. The number of aromatic nitrogens is 1. The van der Waals surface area contributed by atoms with E-state index in [1.165, 1.54) is 6.92 Å². The summed E-state index contributed by atoms with van der Waals surface area (Å²) in [6, 6.07) is 3.90. The number of hydrogen-bond acceptors (Lipinski definition) is 5. The molecule has 2 aromatic heterocycles. The first-order chi connectivity index (χ1) is 8.13. The van der Waals surface area contributed by atoms with Crippen molar-refractivity contribution < 1.29 is 23.5 Å². The lowest BCUT2D eigenvalue weighted by Gasteiger charge is -1.95. The van der Waals surface area contributed by atoms with E-state index in [-0.39, 0.29) is 13.3 Å². The van der Waals surface area contributed by atoms with Crippen molar-refractivity contribution >= 4 is 23.5 Å². The van der Waals surface area contributed by atoms with Gasteiger partial charge in [-0.15, -0.1) is 0 Å². The van der Waals surface area contributed by atoms with E-state index in [0.29, 0.717) is 0 Å². The van der Waals surface area contributed by atoms with Crippen LogP contribution in [0.4, 0.5) is 0 Å². The number of furan rings is 1. The Hall–Kier alpha value is -2.24. The molecule has 2 rings (SSSR count). The Morgan fingerprint density at radius 2 is 2.35 bits per heavy atom. The number of esters is 1. The number of carbonyl (C=O) groups is 2. The number of fused-ring (bicyclic) bond motifs is 1. The Labute approximate surface area is 97.5 Å². The van der Waals surface area contributed by atoms with E-state index >= 15 is 0 Å².